The quantitative estimate of drug-likeness (QED) is 0.838. The number of nitrogens with one attached hydrogen (secondary N) is 1. The second-order valence-corrected chi connectivity index (χ2v) is 5.94. The molecule has 110 valence electrons. The number of hydrogen-bond acceptors (Lipinski definition) is 4. The van der Waals surface area contributed by atoms with Crippen LogP contribution in [0.2, 0.25) is 0 Å². The second-order valence-electron chi connectivity index (χ2n) is 5.94. The first-order chi connectivity index (χ1) is 9.76. The van der Waals surface area contributed by atoms with E-state index in [-0.39, 0.29) is 0 Å². The molecule has 2 atom stereocenters. The van der Waals surface area contributed by atoms with E-state index in [4.69, 9.17) is 0 Å². The van der Waals surface area contributed by atoms with Gasteiger partial charge in [0.15, 0.2) is 0 Å². The van der Waals surface area contributed by atoms with E-state index in [0.29, 0.717) is 17.8 Å². The van der Waals surface area contributed by atoms with E-state index in [1.54, 1.807) is 6.07 Å². The molecule has 3 saturated heterocycles. The van der Waals surface area contributed by atoms with Crippen LogP contribution in [0.1, 0.15) is 12.5 Å². The highest BCUT2D eigenvalue weighted by molar-refractivity contribution is 5.28. The Hall–Kier alpha value is -1.10. The summed E-state index contributed by atoms with van der Waals surface area (Å²) in [7, 11) is 0. The molecule has 0 radical (unpaired) electrons. The second kappa shape index (κ2) is 6.12. The van der Waals surface area contributed by atoms with Crippen LogP contribution in [0.25, 0.3) is 0 Å². The molecule has 4 rings (SSSR count). The Labute approximate surface area is 121 Å². The van der Waals surface area contributed by atoms with Gasteiger partial charge in [-0.15, -0.1) is 0 Å². The fourth-order valence-electron chi connectivity index (χ4n) is 3.58. The Morgan fingerprint density at radius 3 is 2.70 bits per heavy atom. The average molecular weight is 275 g/mol. The van der Waals surface area contributed by atoms with Crippen LogP contribution in [0, 0.1) is 0 Å². The summed E-state index contributed by atoms with van der Waals surface area (Å²) in [6.07, 6.45) is 0.983. The summed E-state index contributed by atoms with van der Waals surface area (Å²) in [4.78, 5) is 5.22. The summed E-state index contributed by atoms with van der Waals surface area (Å²) in [6, 6.07) is 8.74. The van der Waals surface area contributed by atoms with Gasteiger partial charge in [-0.25, -0.2) is 0 Å². The predicted molar refractivity (Wildman–Crippen MR) is 81.1 cm³/mol. The third-order valence-electron chi connectivity index (χ3n) is 4.62. The van der Waals surface area contributed by atoms with E-state index < -0.39 is 0 Å². The van der Waals surface area contributed by atoms with E-state index in [9.17, 15) is 5.11 Å². The molecule has 1 aromatic carbocycles. The molecule has 0 aromatic heterocycles. The lowest BCUT2D eigenvalue weighted by Crippen LogP contribution is -2.66. The molecule has 0 amide bonds. The van der Waals surface area contributed by atoms with E-state index in [1.807, 2.05) is 12.1 Å². The maximum absolute atomic E-state index is 9.63. The number of rotatable bonds is 5. The molecule has 3 fully saturated rings. The standard InChI is InChI=1S/C16H25N3O/c1-2-17-15(11-13-4-3-5-14(20)10-13)16-12-18-6-8-19(16)9-7-18/h3-5,10,15-17,20H,2,6-9,11-12H2,1H3. The highest BCUT2D eigenvalue weighted by atomic mass is 16.3. The number of piperazine rings is 3. The molecule has 4 nitrogen and oxygen atoms in total. The molecular weight excluding hydrogens is 250 g/mol. The van der Waals surface area contributed by atoms with Crippen molar-refractivity contribution < 1.29 is 5.11 Å². The van der Waals surface area contributed by atoms with Crippen molar-refractivity contribution in [3.05, 3.63) is 29.8 Å². The van der Waals surface area contributed by atoms with Crippen molar-refractivity contribution in [2.45, 2.75) is 25.4 Å². The monoisotopic (exact) mass is 275 g/mol. The van der Waals surface area contributed by atoms with Gasteiger partial charge in [0.2, 0.25) is 0 Å². The summed E-state index contributed by atoms with van der Waals surface area (Å²) in [5.41, 5.74) is 1.22. The number of nitrogens with zero attached hydrogens (tertiary/aromatic N) is 2. The van der Waals surface area contributed by atoms with Gasteiger partial charge in [-0.05, 0) is 30.7 Å². The lowest BCUT2D eigenvalue weighted by molar-refractivity contribution is -0.00289. The number of likely N-dealkylation sites (N-methyl/N-ethyl adjacent to an activating group) is 1. The summed E-state index contributed by atoms with van der Waals surface area (Å²) in [5.74, 6) is 0.368. The van der Waals surface area contributed by atoms with Crippen LogP contribution in [0.4, 0.5) is 0 Å². The maximum Gasteiger partial charge on any atom is 0.115 e. The summed E-state index contributed by atoms with van der Waals surface area (Å²) < 4.78 is 0. The third-order valence-corrected chi connectivity index (χ3v) is 4.62. The molecule has 0 spiro atoms. The van der Waals surface area contributed by atoms with Gasteiger partial charge in [0.25, 0.3) is 0 Å². The number of phenols is 1. The fourth-order valence-corrected chi connectivity index (χ4v) is 3.58. The van der Waals surface area contributed by atoms with Gasteiger partial charge in [0.1, 0.15) is 5.75 Å². The summed E-state index contributed by atoms with van der Waals surface area (Å²) >= 11 is 0. The van der Waals surface area contributed by atoms with Gasteiger partial charge in [-0.3, -0.25) is 9.80 Å². The van der Waals surface area contributed by atoms with Crippen molar-refractivity contribution in [2.24, 2.45) is 0 Å². The third kappa shape index (κ3) is 2.97. The minimum atomic E-state index is 0.368. The van der Waals surface area contributed by atoms with Gasteiger partial charge >= 0.3 is 0 Å². The van der Waals surface area contributed by atoms with Crippen LogP contribution in [-0.2, 0) is 6.42 Å². The van der Waals surface area contributed by atoms with Gasteiger partial charge in [0, 0.05) is 44.8 Å². The lowest BCUT2D eigenvalue weighted by atomic mass is 9.94. The molecule has 0 aliphatic carbocycles. The molecule has 3 aliphatic rings. The molecule has 2 N–H and O–H groups in total. The van der Waals surface area contributed by atoms with Crippen molar-refractivity contribution in [3.63, 3.8) is 0 Å². The summed E-state index contributed by atoms with van der Waals surface area (Å²) in [5, 5.41) is 13.3. The van der Waals surface area contributed by atoms with Gasteiger partial charge in [-0.1, -0.05) is 19.1 Å². The van der Waals surface area contributed by atoms with E-state index in [0.717, 1.165) is 13.0 Å². The zero-order valence-corrected chi connectivity index (χ0v) is 12.3. The molecular formula is C16H25N3O. The minimum Gasteiger partial charge on any atom is -0.508 e. The van der Waals surface area contributed by atoms with Crippen LogP contribution in [0.15, 0.2) is 24.3 Å². The largest absolute Gasteiger partial charge is 0.508 e. The van der Waals surface area contributed by atoms with Crippen molar-refractivity contribution >= 4 is 0 Å². The average Bonchev–Trinajstić information content (AvgIpc) is 2.48. The Bertz CT molecular complexity index is 443. The zero-order valence-electron chi connectivity index (χ0n) is 12.3. The van der Waals surface area contributed by atoms with Crippen molar-refractivity contribution in [1.29, 1.82) is 0 Å². The van der Waals surface area contributed by atoms with Gasteiger partial charge in [0.05, 0.1) is 0 Å². The van der Waals surface area contributed by atoms with Crippen molar-refractivity contribution in [3.8, 4) is 5.75 Å². The highest BCUT2D eigenvalue weighted by Crippen LogP contribution is 2.21. The molecule has 20 heavy (non-hydrogen) atoms. The van der Waals surface area contributed by atoms with Crippen molar-refractivity contribution in [1.82, 2.24) is 15.1 Å². The SMILES string of the molecule is CCNC(Cc1cccc(O)c1)C1CN2CCN1CC2. The van der Waals surface area contributed by atoms with Gasteiger partial charge in [-0.2, -0.15) is 0 Å². The number of benzene rings is 1. The summed E-state index contributed by atoms with van der Waals surface area (Å²) in [6.45, 7) is 9.19. The lowest BCUT2D eigenvalue weighted by Gasteiger charge is -2.50. The normalized spacial score (nSPS) is 30.4. The molecule has 1 aromatic rings. The number of fused-ring (bicyclic) bond motifs is 3. The topological polar surface area (TPSA) is 38.7 Å². The molecule has 0 saturated carbocycles. The number of hydrogen-bond donors (Lipinski definition) is 2. The van der Waals surface area contributed by atoms with Crippen LogP contribution < -0.4 is 5.32 Å². The Morgan fingerprint density at radius 2 is 2.10 bits per heavy atom. The van der Waals surface area contributed by atoms with Crippen molar-refractivity contribution in [2.75, 3.05) is 39.3 Å². The Kier molecular flexibility index (Phi) is 4.24. The first-order valence-electron chi connectivity index (χ1n) is 7.74. The molecule has 2 bridgehead atoms. The smallest absolute Gasteiger partial charge is 0.115 e. The van der Waals surface area contributed by atoms with E-state index >= 15 is 0 Å². The van der Waals surface area contributed by atoms with E-state index in [2.05, 4.69) is 28.1 Å². The van der Waals surface area contributed by atoms with Gasteiger partial charge < -0.3 is 10.4 Å². The molecule has 3 heterocycles. The first kappa shape index (κ1) is 13.9. The highest BCUT2D eigenvalue weighted by Gasteiger charge is 2.36. The predicted octanol–water partition coefficient (Wildman–Crippen LogP) is 0.913. The Morgan fingerprint density at radius 1 is 1.30 bits per heavy atom. The Balaban J connectivity index is 1.72. The maximum atomic E-state index is 9.63. The first-order valence-corrected chi connectivity index (χ1v) is 7.74. The number of aromatic hydroxyl groups is 1. The van der Waals surface area contributed by atoms with Crippen LogP contribution in [0.5, 0.6) is 5.75 Å². The zero-order chi connectivity index (χ0) is 13.9. The number of phenolic OH excluding ortho intramolecular Hbond substituents is 1. The molecule has 3 aliphatic heterocycles. The van der Waals surface area contributed by atoms with Crippen LogP contribution >= 0.6 is 0 Å². The molecule has 4 heteroatoms. The van der Waals surface area contributed by atoms with Crippen LogP contribution in [0.3, 0.4) is 0 Å². The minimum absolute atomic E-state index is 0.368. The van der Waals surface area contributed by atoms with E-state index in [1.165, 1.54) is 38.3 Å². The molecule has 2 unspecified atom stereocenters. The fraction of sp³-hybridized carbons (Fsp3) is 0.625. The van der Waals surface area contributed by atoms with Crippen LogP contribution in [-0.4, -0.2) is 66.3 Å².